The molecule has 2 N–H and O–H groups in total. The molecule has 0 saturated carbocycles. The molecular weight excluding hydrogens is 274 g/mol. The van der Waals surface area contributed by atoms with Gasteiger partial charge in [0.05, 0.1) is 0 Å². The SMILES string of the molecule is Nc1ccc2oc(S(=O)CCc3ccccn3)nc2c1. The van der Waals surface area contributed by atoms with Gasteiger partial charge in [0.2, 0.25) is 0 Å². The van der Waals surface area contributed by atoms with E-state index < -0.39 is 10.8 Å². The van der Waals surface area contributed by atoms with Crippen molar-refractivity contribution in [3.8, 4) is 0 Å². The Labute approximate surface area is 118 Å². The smallest absolute Gasteiger partial charge is 0.287 e. The normalized spacial score (nSPS) is 12.6. The molecule has 0 amide bonds. The van der Waals surface area contributed by atoms with Crippen molar-refractivity contribution in [2.24, 2.45) is 0 Å². The maximum Gasteiger partial charge on any atom is 0.287 e. The molecule has 3 aromatic rings. The molecule has 20 heavy (non-hydrogen) atoms. The van der Waals surface area contributed by atoms with Crippen molar-refractivity contribution in [3.63, 3.8) is 0 Å². The predicted octanol–water partition coefficient (Wildman–Crippen LogP) is 2.16. The molecule has 0 aliphatic carbocycles. The van der Waals surface area contributed by atoms with Gasteiger partial charge in [-0.15, -0.1) is 0 Å². The summed E-state index contributed by atoms with van der Waals surface area (Å²) < 4.78 is 17.7. The largest absolute Gasteiger partial charge is 0.430 e. The van der Waals surface area contributed by atoms with Crippen molar-refractivity contribution in [2.45, 2.75) is 11.6 Å². The van der Waals surface area contributed by atoms with E-state index in [1.54, 1.807) is 24.4 Å². The van der Waals surface area contributed by atoms with E-state index in [0.717, 1.165) is 5.69 Å². The molecule has 0 saturated heterocycles. The van der Waals surface area contributed by atoms with Crippen molar-refractivity contribution in [2.75, 3.05) is 11.5 Å². The fourth-order valence-corrected chi connectivity index (χ4v) is 2.80. The fourth-order valence-electron chi connectivity index (χ4n) is 1.85. The van der Waals surface area contributed by atoms with E-state index in [9.17, 15) is 4.21 Å². The highest BCUT2D eigenvalue weighted by Gasteiger charge is 2.13. The zero-order valence-electron chi connectivity index (χ0n) is 10.7. The van der Waals surface area contributed by atoms with Crippen molar-refractivity contribution in [1.29, 1.82) is 0 Å². The summed E-state index contributed by atoms with van der Waals surface area (Å²) in [6.45, 7) is 0. The summed E-state index contributed by atoms with van der Waals surface area (Å²) >= 11 is 0. The summed E-state index contributed by atoms with van der Waals surface area (Å²) in [4.78, 5) is 8.42. The van der Waals surface area contributed by atoms with Crippen LogP contribution < -0.4 is 5.73 Å². The Balaban J connectivity index is 1.75. The fraction of sp³-hybridized carbons (Fsp3) is 0.143. The van der Waals surface area contributed by atoms with Gasteiger partial charge >= 0.3 is 0 Å². The maximum absolute atomic E-state index is 12.2. The van der Waals surface area contributed by atoms with E-state index >= 15 is 0 Å². The van der Waals surface area contributed by atoms with Crippen LogP contribution in [0.3, 0.4) is 0 Å². The third-order valence-corrected chi connectivity index (χ3v) is 4.00. The Morgan fingerprint density at radius 3 is 2.95 bits per heavy atom. The maximum atomic E-state index is 12.2. The number of oxazole rings is 1. The number of hydrogen-bond acceptors (Lipinski definition) is 5. The summed E-state index contributed by atoms with van der Waals surface area (Å²) in [6.07, 6.45) is 2.34. The van der Waals surface area contributed by atoms with Gasteiger partial charge in [-0.05, 0) is 30.3 Å². The number of aromatic nitrogens is 2. The zero-order chi connectivity index (χ0) is 13.9. The van der Waals surface area contributed by atoms with Crippen molar-refractivity contribution < 1.29 is 8.63 Å². The van der Waals surface area contributed by atoms with Gasteiger partial charge in [0.25, 0.3) is 5.22 Å². The zero-order valence-corrected chi connectivity index (χ0v) is 11.5. The molecule has 0 bridgehead atoms. The van der Waals surface area contributed by atoms with Gasteiger partial charge in [0.1, 0.15) is 16.3 Å². The van der Waals surface area contributed by atoms with Crippen LogP contribution in [-0.2, 0) is 17.2 Å². The quantitative estimate of drug-likeness (QED) is 0.743. The minimum absolute atomic E-state index is 0.238. The molecular formula is C14H13N3O2S. The molecule has 1 atom stereocenters. The molecule has 2 aromatic heterocycles. The Kier molecular flexibility index (Phi) is 3.47. The summed E-state index contributed by atoms with van der Waals surface area (Å²) in [5, 5.41) is 0.238. The number of pyridine rings is 1. The minimum Gasteiger partial charge on any atom is -0.430 e. The Hall–Kier alpha value is -2.21. The first-order valence-corrected chi connectivity index (χ1v) is 7.48. The van der Waals surface area contributed by atoms with Crippen LogP contribution in [0.2, 0.25) is 0 Å². The van der Waals surface area contributed by atoms with Crippen molar-refractivity contribution in [1.82, 2.24) is 9.97 Å². The first kappa shape index (κ1) is 12.8. The Bertz CT molecular complexity index is 755. The monoisotopic (exact) mass is 287 g/mol. The highest BCUT2D eigenvalue weighted by Crippen LogP contribution is 2.20. The third kappa shape index (κ3) is 2.70. The van der Waals surface area contributed by atoms with Gasteiger partial charge < -0.3 is 10.2 Å². The van der Waals surface area contributed by atoms with E-state index in [2.05, 4.69) is 9.97 Å². The lowest BCUT2D eigenvalue weighted by Crippen LogP contribution is -2.03. The number of benzene rings is 1. The lowest BCUT2D eigenvalue weighted by molar-refractivity contribution is 0.477. The number of rotatable bonds is 4. The summed E-state index contributed by atoms with van der Waals surface area (Å²) in [6, 6.07) is 10.8. The standard InChI is InChI=1S/C14H13N3O2S/c15-10-4-5-13-12(9-10)17-14(19-13)20(18)8-6-11-3-1-2-7-16-11/h1-5,7,9H,6,8,15H2. The molecule has 0 radical (unpaired) electrons. The Morgan fingerprint density at radius 1 is 1.25 bits per heavy atom. The van der Waals surface area contributed by atoms with E-state index in [0.29, 0.717) is 29.0 Å². The second kappa shape index (κ2) is 5.42. The first-order valence-electron chi connectivity index (χ1n) is 6.17. The van der Waals surface area contributed by atoms with Crippen molar-refractivity contribution in [3.05, 3.63) is 48.3 Å². The number of fused-ring (bicyclic) bond motifs is 1. The van der Waals surface area contributed by atoms with Gasteiger partial charge in [-0.3, -0.25) is 4.98 Å². The van der Waals surface area contributed by atoms with E-state index in [1.165, 1.54) is 0 Å². The van der Waals surface area contributed by atoms with Crippen LogP contribution in [-0.4, -0.2) is 19.9 Å². The topological polar surface area (TPSA) is 82.0 Å². The summed E-state index contributed by atoms with van der Waals surface area (Å²) in [5.74, 6) is 0.430. The molecule has 2 heterocycles. The van der Waals surface area contributed by atoms with E-state index in [-0.39, 0.29) is 5.22 Å². The molecule has 3 rings (SSSR count). The second-order valence-corrected chi connectivity index (χ2v) is 5.78. The van der Waals surface area contributed by atoms with Crippen molar-refractivity contribution >= 4 is 27.6 Å². The minimum atomic E-state index is -1.28. The average molecular weight is 287 g/mol. The predicted molar refractivity (Wildman–Crippen MR) is 77.6 cm³/mol. The molecule has 6 heteroatoms. The van der Waals surface area contributed by atoms with Crippen LogP contribution >= 0.6 is 0 Å². The van der Waals surface area contributed by atoms with E-state index in [1.807, 2.05) is 18.2 Å². The summed E-state index contributed by atoms with van der Waals surface area (Å²) in [7, 11) is -1.28. The van der Waals surface area contributed by atoms with Crippen LogP contribution in [0, 0.1) is 0 Å². The number of aryl methyl sites for hydroxylation is 1. The third-order valence-electron chi connectivity index (χ3n) is 2.86. The molecule has 1 unspecified atom stereocenters. The lowest BCUT2D eigenvalue weighted by atomic mass is 10.3. The Morgan fingerprint density at radius 2 is 2.15 bits per heavy atom. The van der Waals surface area contributed by atoms with Gasteiger partial charge in [0.15, 0.2) is 5.58 Å². The average Bonchev–Trinajstić information content (AvgIpc) is 2.89. The first-order chi connectivity index (χ1) is 9.72. The number of anilines is 1. The van der Waals surface area contributed by atoms with Crippen LogP contribution in [0.25, 0.3) is 11.1 Å². The van der Waals surface area contributed by atoms with Crippen LogP contribution in [0.4, 0.5) is 5.69 Å². The van der Waals surface area contributed by atoms with Gasteiger partial charge in [0, 0.05) is 29.8 Å². The molecule has 1 aromatic carbocycles. The van der Waals surface area contributed by atoms with E-state index in [4.69, 9.17) is 10.2 Å². The molecule has 102 valence electrons. The van der Waals surface area contributed by atoms with Gasteiger partial charge in [-0.2, -0.15) is 0 Å². The van der Waals surface area contributed by atoms with Crippen LogP contribution in [0.5, 0.6) is 0 Å². The van der Waals surface area contributed by atoms with Gasteiger partial charge in [-0.25, -0.2) is 9.19 Å². The second-order valence-electron chi connectivity index (χ2n) is 4.33. The number of nitrogens with zero attached hydrogens (tertiary/aromatic N) is 2. The highest BCUT2D eigenvalue weighted by atomic mass is 32.2. The molecule has 0 aliphatic heterocycles. The number of nitrogen functional groups attached to an aromatic ring is 1. The van der Waals surface area contributed by atoms with Crippen LogP contribution in [0.15, 0.2) is 52.2 Å². The lowest BCUT2D eigenvalue weighted by Gasteiger charge is -1.97. The molecule has 0 spiro atoms. The molecule has 0 fully saturated rings. The highest BCUT2D eigenvalue weighted by molar-refractivity contribution is 7.84. The van der Waals surface area contributed by atoms with Gasteiger partial charge in [-0.1, -0.05) is 6.07 Å². The number of nitrogens with two attached hydrogens (primary N) is 1. The molecule has 5 nitrogen and oxygen atoms in total. The van der Waals surface area contributed by atoms with Crippen LogP contribution in [0.1, 0.15) is 5.69 Å². The summed E-state index contributed by atoms with van der Waals surface area (Å²) in [5.41, 5.74) is 8.42. The number of hydrogen-bond donors (Lipinski definition) is 1. The molecule has 0 aliphatic rings.